The molecule has 17 nitrogen and oxygen atoms in total. The van der Waals surface area contributed by atoms with Crippen molar-refractivity contribution in [3.63, 3.8) is 0 Å². The second-order valence-electron chi connectivity index (χ2n) is 13.6. The normalized spacial score (nSPS) is 12.0. The number of hydrogen-bond donors (Lipinski definition) is 6. The third-order valence-electron chi connectivity index (χ3n) is 9.17. The van der Waals surface area contributed by atoms with Gasteiger partial charge in [-0.25, -0.2) is 0 Å². The Hall–Kier alpha value is -7.58. The molecule has 0 heterocycles. The molecule has 0 aromatic heterocycles. The van der Waals surface area contributed by atoms with E-state index in [0.29, 0.717) is 22.3 Å². The van der Waals surface area contributed by atoms with Gasteiger partial charge in [0.05, 0.1) is 11.4 Å². The van der Waals surface area contributed by atoms with E-state index in [2.05, 4.69) is 31.1 Å². The van der Waals surface area contributed by atoms with Crippen LogP contribution in [0.15, 0.2) is 147 Å². The summed E-state index contributed by atoms with van der Waals surface area (Å²) in [5, 5.41) is 33.8. The molecule has 7 aromatic carbocycles. The fraction of sp³-hybridized carbons (Fsp3) is 0.0476. The monoisotopic (exact) mass is 859 g/mol. The first kappa shape index (κ1) is 41.6. The molecule has 7 N–H and O–H groups in total. The summed E-state index contributed by atoms with van der Waals surface area (Å²) in [7, 11) is -9.96. The molecule has 61 heavy (non-hydrogen) atoms. The molecule has 0 bridgehead atoms. The van der Waals surface area contributed by atoms with Crippen molar-refractivity contribution < 1.29 is 44.8 Å². The molecule has 308 valence electrons. The number of hydrogen-bond acceptors (Lipinski definition) is 13. The zero-order valence-electron chi connectivity index (χ0n) is 31.9. The van der Waals surface area contributed by atoms with Crippen molar-refractivity contribution in [1.82, 2.24) is 0 Å². The number of nitrogens with zero attached hydrogens (tertiary/aromatic N) is 4. The summed E-state index contributed by atoms with van der Waals surface area (Å²) in [5.41, 5.74) is 9.07. The first-order chi connectivity index (χ1) is 28.9. The van der Waals surface area contributed by atoms with Crippen LogP contribution in [0.5, 0.6) is 11.5 Å². The molecule has 0 saturated carbocycles. The van der Waals surface area contributed by atoms with Crippen LogP contribution in [0.3, 0.4) is 0 Å². The van der Waals surface area contributed by atoms with Crippen molar-refractivity contribution in [1.29, 1.82) is 0 Å². The average molecular weight is 860 g/mol. The van der Waals surface area contributed by atoms with Gasteiger partial charge in [0.15, 0.2) is 11.5 Å². The SMILES string of the molecule is Cc1ccc(N=Nc2ccc3ccc(NC(=O)c4ccc(N=Nc5c(S(=O)(=O)O)cc6cc(NC(=O)c7ccc(N)cc7)ccc6c5O)cc4)cc3c2OS(=O)(=O)O)c(C)c1. The molecule has 0 unspecified atom stereocenters. The van der Waals surface area contributed by atoms with Crippen LogP contribution in [0.1, 0.15) is 31.8 Å². The lowest BCUT2D eigenvalue weighted by Crippen LogP contribution is -2.11. The van der Waals surface area contributed by atoms with E-state index < -0.39 is 48.7 Å². The number of azo groups is 2. The molecule has 0 aliphatic carbocycles. The van der Waals surface area contributed by atoms with Crippen LogP contribution in [0.4, 0.5) is 39.8 Å². The highest BCUT2D eigenvalue weighted by atomic mass is 32.3. The number of carbonyl (C=O) groups excluding carboxylic acids is 2. The highest BCUT2D eigenvalue weighted by Gasteiger charge is 2.23. The summed E-state index contributed by atoms with van der Waals surface area (Å²) < 4.78 is 73.3. The van der Waals surface area contributed by atoms with Gasteiger partial charge in [-0.3, -0.25) is 18.7 Å². The van der Waals surface area contributed by atoms with Crippen LogP contribution in [0.2, 0.25) is 0 Å². The Kier molecular flexibility index (Phi) is 11.3. The molecular formula is C42H33N7O10S2. The topological polar surface area (TPSA) is 272 Å². The Morgan fingerprint density at radius 2 is 1.21 bits per heavy atom. The lowest BCUT2D eigenvalue weighted by molar-refractivity contribution is 0.101. The minimum absolute atomic E-state index is 0.00967. The predicted molar refractivity (Wildman–Crippen MR) is 229 cm³/mol. The van der Waals surface area contributed by atoms with Gasteiger partial charge in [0.2, 0.25) is 0 Å². The molecule has 2 amide bonds. The summed E-state index contributed by atoms with van der Waals surface area (Å²) in [4.78, 5) is 25.3. The van der Waals surface area contributed by atoms with Gasteiger partial charge in [0.1, 0.15) is 16.3 Å². The van der Waals surface area contributed by atoms with Gasteiger partial charge in [-0.1, -0.05) is 29.8 Å². The summed E-state index contributed by atoms with van der Waals surface area (Å²) in [6.07, 6.45) is 0. The quantitative estimate of drug-likeness (QED) is 0.0405. The van der Waals surface area contributed by atoms with E-state index in [4.69, 9.17) is 9.92 Å². The molecule has 0 aliphatic rings. The lowest BCUT2D eigenvalue weighted by atomic mass is 10.1. The second kappa shape index (κ2) is 16.6. The number of rotatable bonds is 11. The lowest BCUT2D eigenvalue weighted by Gasteiger charge is -2.12. The van der Waals surface area contributed by atoms with Crippen molar-refractivity contribution in [2.75, 3.05) is 16.4 Å². The molecule has 0 saturated heterocycles. The Morgan fingerprint density at radius 3 is 1.85 bits per heavy atom. The summed E-state index contributed by atoms with van der Waals surface area (Å²) in [6.45, 7) is 3.77. The Labute approximate surface area is 348 Å². The van der Waals surface area contributed by atoms with Crippen LogP contribution in [-0.2, 0) is 20.5 Å². The minimum atomic E-state index is -5.01. The number of aromatic hydroxyl groups is 1. The maximum absolute atomic E-state index is 13.3. The number of benzene rings is 7. The Morgan fingerprint density at radius 1 is 0.623 bits per heavy atom. The Bertz CT molecular complexity index is 3190. The van der Waals surface area contributed by atoms with E-state index in [1.807, 2.05) is 26.0 Å². The molecule has 19 heteroatoms. The molecule has 7 rings (SSSR count). The number of nitrogens with one attached hydrogen (secondary N) is 2. The van der Waals surface area contributed by atoms with Crippen LogP contribution in [0.25, 0.3) is 21.5 Å². The second-order valence-corrected chi connectivity index (χ2v) is 16.0. The van der Waals surface area contributed by atoms with Gasteiger partial charge in [-0.05, 0) is 127 Å². The van der Waals surface area contributed by atoms with Gasteiger partial charge in [-0.15, -0.1) is 10.2 Å². The summed E-state index contributed by atoms with van der Waals surface area (Å²) in [6, 6.07) is 30.4. The average Bonchev–Trinajstić information content (AvgIpc) is 3.20. The number of aryl methyl sites for hydroxylation is 2. The van der Waals surface area contributed by atoms with Crippen LogP contribution in [0, 0.1) is 13.8 Å². The molecule has 0 radical (unpaired) electrons. The number of phenolic OH excluding ortho intramolecular Hbond substituents is 1. The van der Waals surface area contributed by atoms with E-state index in [1.165, 1.54) is 66.7 Å². The van der Waals surface area contributed by atoms with E-state index in [-0.39, 0.29) is 50.2 Å². The zero-order valence-corrected chi connectivity index (χ0v) is 33.6. The van der Waals surface area contributed by atoms with E-state index in [1.54, 1.807) is 36.4 Å². The number of carbonyl (C=O) groups is 2. The number of nitrogens with two attached hydrogens (primary N) is 1. The van der Waals surface area contributed by atoms with E-state index in [0.717, 1.165) is 17.2 Å². The maximum atomic E-state index is 13.3. The summed E-state index contributed by atoms with van der Waals surface area (Å²) >= 11 is 0. The number of nitrogen functional groups attached to an aromatic ring is 1. The third kappa shape index (κ3) is 9.67. The smallest absolute Gasteiger partial charge is 0.446 e. The Balaban J connectivity index is 1.11. The first-order valence-corrected chi connectivity index (χ1v) is 20.7. The van der Waals surface area contributed by atoms with Gasteiger partial charge in [-0.2, -0.15) is 27.1 Å². The standard InChI is InChI=1S/C42H33N7O10S2/c1-23-3-17-35(24(2)19-23)47-48-36-18-9-25-6-14-32(22-34(25)40(36)59-61(56,57)58)45-42(52)27-7-12-30(13-8-27)46-49-38-37(60(53,54)55)21-28-20-31(15-16-33(28)39(38)50)44-41(51)26-4-10-29(43)11-5-26/h3-22,50H,43H2,1-2H3,(H,44,51)(H,45,52)(H,53,54,55)(H,56,57,58). The van der Waals surface area contributed by atoms with Crippen LogP contribution >= 0.6 is 0 Å². The van der Waals surface area contributed by atoms with Crippen LogP contribution in [-0.4, -0.2) is 42.9 Å². The van der Waals surface area contributed by atoms with Crippen molar-refractivity contribution >= 4 is 93.7 Å². The van der Waals surface area contributed by atoms with Gasteiger partial charge < -0.3 is 25.7 Å². The highest BCUT2D eigenvalue weighted by Crippen LogP contribution is 2.43. The fourth-order valence-electron chi connectivity index (χ4n) is 6.21. The minimum Gasteiger partial charge on any atom is -0.505 e. The van der Waals surface area contributed by atoms with Crippen molar-refractivity contribution in [2.45, 2.75) is 18.7 Å². The van der Waals surface area contributed by atoms with Crippen molar-refractivity contribution in [2.24, 2.45) is 20.5 Å². The van der Waals surface area contributed by atoms with Crippen molar-refractivity contribution in [3.05, 3.63) is 144 Å². The molecule has 0 fully saturated rings. The zero-order chi connectivity index (χ0) is 43.6. The molecule has 0 aliphatic heterocycles. The van der Waals surface area contributed by atoms with Gasteiger partial charge >= 0.3 is 10.4 Å². The largest absolute Gasteiger partial charge is 0.505 e. The van der Waals surface area contributed by atoms with Crippen LogP contribution < -0.4 is 20.6 Å². The molecular weight excluding hydrogens is 827 g/mol. The van der Waals surface area contributed by atoms with Crippen molar-refractivity contribution in [3.8, 4) is 11.5 Å². The number of anilines is 3. The fourth-order valence-corrected chi connectivity index (χ4v) is 7.25. The molecule has 0 spiro atoms. The number of fused-ring (bicyclic) bond motifs is 2. The van der Waals surface area contributed by atoms with Gasteiger partial charge in [0.25, 0.3) is 21.9 Å². The van der Waals surface area contributed by atoms with E-state index in [9.17, 15) is 40.6 Å². The number of amides is 2. The van der Waals surface area contributed by atoms with Gasteiger partial charge in [0, 0.05) is 39.0 Å². The molecule has 0 atom stereocenters. The number of phenols is 1. The maximum Gasteiger partial charge on any atom is 0.446 e. The predicted octanol–water partition coefficient (Wildman–Crippen LogP) is 9.66. The first-order valence-electron chi connectivity index (χ1n) is 17.9. The highest BCUT2D eigenvalue weighted by molar-refractivity contribution is 7.86. The molecule has 7 aromatic rings. The third-order valence-corrected chi connectivity index (χ3v) is 10.4. The summed E-state index contributed by atoms with van der Waals surface area (Å²) in [5.74, 6) is -1.99. The van der Waals surface area contributed by atoms with E-state index >= 15 is 0 Å².